The smallest absolute Gasteiger partial charge is 0.152 e. The zero-order chi connectivity index (χ0) is 10.1. The largest absolute Gasteiger partial charge is 0.397 e. The number of hydrogen-bond acceptors (Lipinski definition) is 4. The fraction of sp³-hybridized carbons (Fsp3) is 0.500. The van der Waals surface area contributed by atoms with Crippen molar-refractivity contribution >= 4 is 17.2 Å². The molecule has 0 saturated carbocycles. The van der Waals surface area contributed by atoms with Crippen molar-refractivity contribution in [3.05, 3.63) is 12.3 Å². The number of aromatic nitrogens is 1. The summed E-state index contributed by atoms with van der Waals surface area (Å²) >= 11 is 0. The lowest BCUT2D eigenvalue weighted by atomic mass is 10.2. The van der Waals surface area contributed by atoms with Crippen LogP contribution in [0.1, 0.15) is 19.8 Å². The molecule has 2 rings (SSSR count). The Balaban J connectivity index is 2.31. The predicted octanol–water partition coefficient (Wildman–Crippen LogP) is 1.23. The molecule has 1 aromatic heterocycles. The minimum Gasteiger partial charge on any atom is -0.397 e. The summed E-state index contributed by atoms with van der Waals surface area (Å²) in [5.74, 6) is 0.879. The number of nitrogens with zero attached hydrogens (tertiary/aromatic N) is 2. The van der Waals surface area contributed by atoms with Gasteiger partial charge in [-0.15, -0.1) is 0 Å². The van der Waals surface area contributed by atoms with Crippen LogP contribution in [0.2, 0.25) is 0 Å². The summed E-state index contributed by atoms with van der Waals surface area (Å²) in [5.41, 5.74) is 12.8. The van der Waals surface area contributed by atoms with Gasteiger partial charge in [-0.05, 0) is 25.8 Å². The highest BCUT2D eigenvalue weighted by Crippen LogP contribution is 2.28. The molecule has 0 aliphatic carbocycles. The van der Waals surface area contributed by atoms with Gasteiger partial charge < -0.3 is 16.4 Å². The van der Waals surface area contributed by atoms with E-state index >= 15 is 0 Å². The number of anilines is 3. The molecule has 0 radical (unpaired) electrons. The van der Waals surface area contributed by atoms with Gasteiger partial charge >= 0.3 is 0 Å². The normalized spacial score (nSPS) is 21.5. The lowest BCUT2D eigenvalue weighted by molar-refractivity contribution is 0.728. The second-order valence-corrected chi connectivity index (χ2v) is 3.87. The van der Waals surface area contributed by atoms with Crippen molar-refractivity contribution in [3.63, 3.8) is 0 Å². The molecule has 1 aliphatic rings. The van der Waals surface area contributed by atoms with E-state index in [0.29, 0.717) is 17.4 Å². The van der Waals surface area contributed by atoms with E-state index in [9.17, 15) is 0 Å². The molecule has 1 fully saturated rings. The van der Waals surface area contributed by atoms with Gasteiger partial charge in [-0.2, -0.15) is 0 Å². The molecule has 1 atom stereocenters. The summed E-state index contributed by atoms with van der Waals surface area (Å²) in [6.07, 6.45) is 4.09. The summed E-state index contributed by atoms with van der Waals surface area (Å²) in [6, 6.07) is 2.31. The van der Waals surface area contributed by atoms with Gasteiger partial charge in [-0.25, -0.2) is 4.98 Å². The maximum absolute atomic E-state index is 5.88. The number of pyridine rings is 1. The first-order valence-corrected chi connectivity index (χ1v) is 4.96. The molecular weight excluding hydrogens is 176 g/mol. The van der Waals surface area contributed by atoms with Crippen LogP contribution in [0.25, 0.3) is 0 Å². The first-order valence-electron chi connectivity index (χ1n) is 4.96. The van der Waals surface area contributed by atoms with E-state index in [-0.39, 0.29) is 0 Å². The van der Waals surface area contributed by atoms with Crippen LogP contribution in [-0.4, -0.2) is 17.6 Å². The van der Waals surface area contributed by atoms with E-state index in [4.69, 9.17) is 11.5 Å². The molecule has 0 aromatic carbocycles. The molecule has 1 unspecified atom stereocenters. The molecule has 0 spiro atoms. The molecule has 4 nitrogen and oxygen atoms in total. The van der Waals surface area contributed by atoms with Crippen LogP contribution < -0.4 is 16.4 Å². The van der Waals surface area contributed by atoms with Gasteiger partial charge in [-0.1, -0.05) is 0 Å². The first-order chi connectivity index (χ1) is 6.68. The minimum absolute atomic E-state index is 0.536. The molecule has 14 heavy (non-hydrogen) atoms. The number of hydrogen-bond donors (Lipinski definition) is 2. The maximum atomic E-state index is 5.88. The molecule has 4 heteroatoms. The fourth-order valence-electron chi connectivity index (χ4n) is 1.98. The second kappa shape index (κ2) is 3.36. The Morgan fingerprint density at radius 1 is 1.50 bits per heavy atom. The van der Waals surface area contributed by atoms with E-state index in [0.717, 1.165) is 12.4 Å². The van der Waals surface area contributed by atoms with Crippen molar-refractivity contribution in [2.75, 3.05) is 22.9 Å². The third-order valence-corrected chi connectivity index (χ3v) is 2.74. The van der Waals surface area contributed by atoms with Gasteiger partial charge in [0.15, 0.2) is 5.82 Å². The number of rotatable bonds is 1. The molecule has 2 heterocycles. The Hall–Kier alpha value is -1.45. The van der Waals surface area contributed by atoms with Crippen LogP contribution in [0.3, 0.4) is 0 Å². The third kappa shape index (κ3) is 1.47. The maximum Gasteiger partial charge on any atom is 0.152 e. The molecule has 0 bridgehead atoms. The highest BCUT2D eigenvalue weighted by Gasteiger charge is 2.22. The minimum atomic E-state index is 0.536. The Morgan fingerprint density at radius 2 is 2.29 bits per heavy atom. The lowest BCUT2D eigenvalue weighted by Crippen LogP contribution is -2.28. The SMILES string of the molecule is CC1CCCN1c1ncc(N)cc1N. The van der Waals surface area contributed by atoms with Crippen molar-refractivity contribution in [3.8, 4) is 0 Å². The third-order valence-electron chi connectivity index (χ3n) is 2.74. The molecule has 1 aromatic rings. The Labute approximate surface area is 83.9 Å². The van der Waals surface area contributed by atoms with Crippen LogP contribution in [0.15, 0.2) is 12.3 Å². The van der Waals surface area contributed by atoms with Crippen LogP contribution in [0.4, 0.5) is 17.2 Å². The van der Waals surface area contributed by atoms with Crippen molar-refractivity contribution in [2.24, 2.45) is 0 Å². The molecule has 0 amide bonds. The highest BCUT2D eigenvalue weighted by atomic mass is 15.2. The van der Waals surface area contributed by atoms with E-state index in [2.05, 4.69) is 16.8 Å². The summed E-state index contributed by atoms with van der Waals surface area (Å²) in [6.45, 7) is 3.24. The highest BCUT2D eigenvalue weighted by molar-refractivity contribution is 5.67. The molecular formula is C10H16N4. The zero-order valence-corrected chi connectivity index (χ0v) is 8.40. The number of nitrogen functional groups attached to an aromatic ring is 2. The lowest BCUT2D eigenvalue weighted by Gasteiger charge is -2.23. The molecule has 1 saturated heterocycles. The van der Waals surface area contributed by atoms with E-state index in [1.165, 1.54) is 12.8 Å². The second-order valence-electron chi connectivity index (χ2n) is 3.87. The summed E-state index contributed by atoms with van der Waals surface area (Å²) in [5, 5.41) is 0. The van der Waals surface area contributed by atoms with Gasteiger partial charge in [0.05, 0.1) is 17.6 Å². The predicted molar refractivity (Wildman–Crippen MR) is 59.1 cm³/mol. The zero-order valence-electron chi connectivity index (χ0n) is 8.40. The first kappa shape index (κ1) is 9.12. The Bertz CT molecular complexity index is 337. The molecule has 1 aliphatic heterocycles. The summed E-state index contributed by atoms with van der Waals surface area (Å²) < 4.78 is 0. The van der Waals surface area contributed by atoms with Crippen LogP contribution in [0.5, 0.6) is 0 Å². The quantitative estimate of drug-likeness (QED) is 0.702. The van der Waals surface area contributed by atoms with Gasteiger partial charge in [-0.3, -0.25) is 0 Å². The van der Waals surface area contributed by atoms with Gasteiger partial charge in [0.25, 0.3) is 0 Å². The summed E-state index contributed by atoms with van der Waals surface area (Å²) in [7, 11) is 0. The van der Waals surface area contributed by atoms with Crippen LogP contribution in [-0.2, 0) is 0 Å². The Kier molecular flexibility index (Phi) is 2.19. The molecule has 4 N–H and O–H groups in total. The average Bonchev–Trinajstić information content (AvgIpc) is 2.52. The van der Waals surface area contributed by atoms with Crippen molar-refractivity contribution in [1.82, 2.24) is 4.98 Å². The van der Waals surface area contributed by atoms with Gasteiger partial charge in [0.1, 0.15) is 0 Å². The van der Waals surface area contributed by atoms with Crippen molar-refractivity contribution in [1.29, 1.82) is 0 Å². The fourth-order valence-corrected chi connectivity index (χ4v) is 1.98. The van der Waals surface area contributed by atoms with Gasteiger partial charge in [0, 0.05) is 12.6 Å². The van der Waals surface area contributed by atoms with E-state index in [1.54, 1.807) is 12.3 Å². The standard InChI is InChI=1S/C10H16N4/c1-7-3-2-4-14(7)10-9(12)5-8(11)6-13-10/h5-7H,2-4,11-12H2,1H3. The van der Waals surface area contributed by atoms with E-state index < -0.39 is 0 Å². The molecule has 76 valence electrons. The Morgan fingerprint density at radius 3 is 2.86 bits per heavy atom. The van der Waals surface area contributed by atoms with Crippen LogP contribution in [0, 0.1) is 0 Å². The van der Waals surface area contributed by atoms with Gasteiger partial charge in [0.2, 0.25) is 0 Å². The number of nitrogens with two attached hydrogens (primary N) is 2. The monoisotopic (exact) mass is 192 g/mol. The van der Waals surface area contributed by atoms with Crippen molar-refractivity contribution < 1.29 is 0 Å². The topological polar surface area (TPSA) is 68.2 Å². The summed E-state index contributed by atoms with van der Waals surface area (Å²) in [4.78, 5) is 6.53. The van der Waals surface area contributed by atoms with E-state index in [1.807, 2.05) is 0 Å². The van der Waals surface area contributed by atoms with Crippen LogP contribution >= 0.6 is 0 Å². The average molecular weight is 192 g/mol. The van der Waals surface area contributed by atoms with Crippen molar-refractivity contribution in [2.45, 2.75) is 25.8 Å².